The van der Waals surface area contributed by atoms with Crippen LogP contribution in [0.3, 0.4) is 0 Å². The Labute approximate surface area is 282 Å². The number of para-hydroxylation sites is 2. The quantitative estimate of drug-likeness (QED) is 0.190. The van der Waals surface area contributed by atoms with Crippen molar-refractivity contribution in [2.24, 2.45) is 0 Å². The van der Waals surface area contributed by atoms with E-state index in [0.717, 1.165) is 66.5 Å². The molecule has 0 saturated carbocycles. The van der Waals surface area contributed by atoms with E-state index in [1.807, 2.05) is 24.3 Å². The van der Waals surface area contributed by atoms with Gasteiger partial charge in [-0.15, -0.1) is 0 Å². The Kier molecular flexibility index (Phi) is 6.18. The molecule has 0 N–H and O–H groups in total. The topological polar surface area (TPSA) is 29.5 Å². The van der Waals surface area contributed by atoms with Crippen molar-refractivity contribution in [3.8, 4) is 22.3 Å². The number of anilines is 3. The maximum absolute atomic E-state index is 6.33. The highest BCUT2D eigenvalue weighted by Crippen LogP contribution is 2.41. The van der Waals surface area contributed by atoms with Crippen molar-refractivity contribution in [1.29, 1.82) is 0 Å². The molecule has 0 fully saturated rings. The second-order valence-corrected chi connectivity index (χ2v) is 12.6. The van der Waals surface area contributed by atoms with E-state index in [9.17, 15) is 0 Å². The lowest BCUT2D eigenvalue weighted by atomic mass is 9.97. The summed E-state index contributed by atoms with van der Waals surface area (Å²) in [5.74, 6) is 0. The molecule has 49 heavy (non-hydrogen) atoms. The Morgan fingerprint density at radius 1 is 0.286 bits per heavy atom. The first-order chi connectivity index (χ1) is 24.2. The Morgan fingerprint density at radius 3 is 1.43 bits per heavy atom. The number of rotatable bonds is 5. The summed E-state index contributed by atoms with van der Waals surface area (Å²) in [6, 6.07) is 62.2. The van der Waals surface area contributed by atoms with E-state index in [2.05, 4.69) is 157 Å². The Balaban J connectivity index is 1.07. The first-order valence-electron chi connectivity index (χ1n) is 16.6. The molecule has 0 saturated heterocycles. The predicted octanol–water partition coefficient (Wildman–Crippen LogP) is 13.4. The van der Waals surface area contributed by atoms with Crippen LogP contribution in [-0.4, -0.2) is 0 Å². The lowest BCUT2D eigenvalue weighted by molar-refractivity contribution is 0.669. The van der Waals surface area contributed by atoms with Gasteiger partial charge in [0, 0.05) is 50.7 Å². The van der Waals surface area contributed by atoms with E-state index in [4.69, 9.17) is 8.83 Å². The number of hydrogen-bond donors (Lipinski definition) is 0. The molecule has 0 radical (unpaired) electrons. The van der Waals surface area contributed by atoms with Crippen LogP contribution >= 0.6 is 0 Å². The van der Waals surface area contributed by atoms with Crippen LogP contribution in [0.25, 0.3) is 76.9 Å². The minimum atomic E-state index is 0.857. The number of nitrogens with zero attached hydrogens (tertiary/aromatic N) is 1. The van der Waals surface area contributed by atoms with Crippen LogP contribution in [0.4, 0.5) is 17.1 Å². The third-order valence-electron chi connectivity index (χ3n) is 9.65. The van der Waals surface area contributed by atoms with E-state index >= 15 is 0 Å². The molecule has 10 aromatic rings. The Bertz CT molecular complexity index is 2730. The van der Waals surface area contributed by atoms with Gasteiger partial charge < -0.3 is 13.7 Å². The third kappa shape index (κ3) is 4.67. The lowest BCUT2D eigenvalue weighted by Crippen LogP contribution is -2.09. The molecule has 0 aliphatic heterocycles. The minimum absolute atomic E-state index is 0.857. The molecule has 2 heterocycles. The van der Waals surface area contributed by atoms with Gasteiger partial charge in [0.15, 0.2) is 0 Å². The van der Waals surface area contributed by atoms with Crippen molar-refractivity contribution in [2.45, 2.75) is 0 Å². The van der Waals surface area contributed by atoms with Crippen LogP contribution in [0.2, 0.25) is 0 Å². The van der Waals surface area contributed by atoms with Gasteiger partial charge in [-0.05, 0) is 93.7 Å². The first-order valence-corrected chi connectivity index (χ1v) is 16.6. The van der Waals surface area contributed by atoms with Gasteiger partial charge in [-0.1, -0.05) is 103 Å². The zero-order chi connectivity index (χ0) is 32.3. The highest BCUT2D eigenvalue weighted by Gasteiger charge is 2.18. The van der Waals surface area contributed by atoms with Gasteiger partial charge in [-0.3, -0.25) is 0 Å². The molecule has 3 nitrogen and oxygen atoms in total. The van der Waals surface area contributed by atoms with Crippen LogP contribution in [0, 0.1) is 0 Å². The lowest BCUT2D eigenvalue weighted by Gasteiger charge is -2.25. The van der Waals surface area contributed by atoms with E-state index in [-0.39, 0.29) is 0 Å². The predicted molar refractivity (Wildman–Crippen MR) is 204 cm³/mol. The summed E-state index contributed by atoms with van der Waals surface area (Å²) >= 11 is 0. The fourth-order valence-corrected chi connectivity index (χ4v) is 7.20. The summed E-state index contributed by atoms with van der Waals surface area (Å²) in [6.45, 7) is 0. The SMILES string of the molecule is c1cc(-c2ccc(N(c3ccc4c(c3)oc3ccccc34)c3ccc4c(c3)oc3ccccc34)cc2)cc(-c2ccc3ccccc3c2)c1. The van der Waals surface area contributed by atoms with Crippen LogP contribution in [-0.2, 0) is 0 Å². The standard InChI is InChI=1S/C46H29NO2/c1-2-9-32-27-35(17-16-30(32)8-1)34-11-7-10-33(26-34)31-18-20-36(21-19-31)47(37-22-24-41-39-12-3-5-14-43(39)48-45(41)28-37)38-23-25-42-40-13-4-6-15-44(40)49-46(42)29-38/h1-29H. The molecular weight excluding hydrogens is 599 g/mol. The molecule has 0 spiro atoms. The van der Waals surface area contributed by atoms with Crippen LogP contribution < -0.4 is 4.90 Å². The number of furan rings is 2. The van der Waals surface area contributed by atoms with Gasteiger partial charge in [0.2, 0.25) is 0 Å². The smallest absolute Gasteiger partial charge is 0.137 e. The summed E-state index contributed by atoms with van der Waals surface area (Å²) in [5, 5.41) is 6.95. The summed E-state index contributed by atoms with van der Waals surface area (Å²) in [4.78, 5) is 2.27. The van der Waals surface area contributed by atoms with Gasteiger partial charge in [0.05, 0.1) is 0 Å². The van der Waals surface area contributed by atoms with Gasteiger partial charge in [-0.25, -0.2) is 0 Å². The van der Waals surface area contributed by atoms with E-state index in [1.165, 1.54) is 27.5 Å². The largest absolute Gasteiger partial charge is 0.456 e. The normalized spacial score (nSPS) is 11.7. The molecular formula is C46H29NO2. The minimum Gasteiger partial charge on any atom is -0.456 e. The van der Waals surface area contributed by atoms with Crippen molar-refractivity contribution in [2.75, 3.05) is 4.90 Å². The zero-order valence-electron chi connectivity index (χ0n) is 26.5. The van der Waals surface area contributed by atoms with Crippen LogP contribution in [0.15, 0.2) is 185 Å². The second-order valence-electron chi connectivity index (χ2n) is 12.6. The Morgan fingerprint density at radius 2 is 0.776 bits per heavy atom. The average Bonchev–Trinajstić information content (AvgIpc) is 3.73. The number of benzene rings is 8. The Hall–Kier alpha value is -6.58. The first kappa shape index (κ1) is 27.5. The molecule has 230 valence electrons. The van der Waals surface area contributed by atoms with Crippen LogP contribution in [0.1, 0.15) is 0 Å². The van der Waals surface area contributed by atoms with Crippen molar-refractivity contribution < 1.29 is 8.83 Å². The fourth-order valence-electron chi connectivity index (χ4n) is 7.20. The van der Waals surface area contributed by atoms with Crippen molar-refractivity contribution in [3.63, 3.8) is 0 Å². The molecule has 2 aromatic heterocycles. The summed E-state index contributed by atoms with van der Waals surface area (Å²) in [5.41, 5.74) is 11.3. The van der Waals surface area contributed by atoms with Gasteiger partial charge in [-0.2, -0.15) is 0 Å². The molecule has 0 aliphatic rings. The summed E-state index contributed by atoms with van der Waals surface area (Å²) in [6.07, 6.45) is 0. The summed E-state index contributed by atoms with van der Waals surface area (Å²) < 4.78 is 12.7. The highest BCUT2D eigenvalue weighted by atomic mass is 16.3. The van der Waals surface area contributed by atoms with Crippen molar-refractivity contribution >= 4 is 71.7 Å². The average molecular weight is 628 g/mol. The fraction of sp³-hybridized carbons (Fsp3) is 0. The van der Waals surface area contributed by atoms with E-state index in [1.54, 1.807) is 0 Å². The van der Waals surface area contributed by atoms with Gasteiger partial charge in [0.1, 0.15) is 22.3 Å². The molecule has 0 atom stereocenters. The maximum atomic E-state index is 6.33. The maximum Gasteiger partial charge on any atom is 0.137 e. The molecule has 8 aromatic carbocycles. The molecule has 10 rings (SSSR count). The molecule has 0 amide bonds. The van der Waals surface area contributed by atoms with Crippen molar-refractivity contribution in [3.05, 3.63) is 176 Å². The van der Waals surface area contributed by atoms with E-state index in [0.29, 0.717) is 0 Å². The molecule has 0 aliphatic carbocycles. The number of hydrogen-bond acceptors (Lipinski definition) is 3. The zero-order valence-corrected chi connectivity index (χ0v) is 26.5. The van der Waals surface area contributed by atoms with E-state index < -0.39 is 0 Å². The van der Waals surface area contributed by atoms with Gasteiger partial charge >= 0.3 is 0 Å². The third-order valence-corrected chi connectivity index (χ3v) is 9.65. The summed E-state index contributed by atoms with van der Waals surface area (Å²) in [7, 11) is 0. The monoisotopic (exact) mass is 627 g/mol. The molecule has 0 unspecified atom stereocenters. The van der Waals surface area contributed by atoms with Gasteiger partial charge in [0.25, 0.3) is 0 Å². The molecule has 3 heteroatoms. The second kappa shape index (κ2) is 11.0. The van der Waals surface area contributed by atoms with Crippen molar-refractivity contribution in [1.82, 2.24) is 0 Å². The number of fused-ring (bicyclic) bond motifs is 7. The van der Waals surface area contributed by atoms with Crippen LogP contribution in [0.5, 0.6) is 0 Å². The molecule has 0 bridgehead atoms. The highest BCUT2D eigenvalue weighted by molar-refractivity contribution is 6.07.